The van der Waals surface area contributed by atoms with Gasteiger partial charge in [0.1, 0.15) is 0 Å². The van der Waals surface area contributed by atoms with Crippen LogP contribution in [-0.4, -0.2) is 42.6 Å². The lowest BCUT2D eigenvalue weighted by molar-refractivity contribution is -0.133. The normalized spacial score (nSPS) is 9.83. The maximum absolute atomic E-state index is 10.9. The molecule has 0 saturated carbocycles. The molecule has 0 saturated heterocycles. The fourth-order valence-corrected chi connectivity index (χ4v) is 1.82. The van der Waals surface area contributed by atoms with E-state index in [2.05, 4.69) is 0 Å². The Balaban J connectivity index is 2.55. The molecule has 0 aliphatic carbocycles. The summed E-state index contributed by atoms with van der Waals surface area (Å²) in [6.07, 6.45) is 0.697. The molecular weight excluding hydrogens is 256 g/mol. The van der Waals surface area contributed by atoms with E-state index in [4.69, 9.17) is 14.6 Å². The molecule has 0 aliphatic rings. The number of aliphatic carboxylic acids is 1. The Morgan fingerprint density at radius 3 is 2.89 bits per heavy atom. The molecule has 0 atom stereocenters. The van der Waals surface area contributed by atoms with Gasteiger partial charge in [-0.3, -0.25) is 9.59 Å². The van der Waals surface area contributed by atoms with Gasteiger partial charge < -0.3 is 14.6 Å². The number of carbonyl (C=O) groups excluding carboxylic acids is 1. The number of benzene rings is 1. The molecule has 1 N–H and O–H groups in total. The van der Waals surface area contributed by atoms with E-state index in [-0.39, 0.29) is 5.75 Å². The molecular formula is C12H14O5S. The van der Waals surface area contributed by atoms with E-state index in [0.717, 1.165) is 0 Å². The van der Waals surface area contributed by atoms with Crippen LogP contribution in [0.4, 0.5) is 0 Å². The smallest absolute Gasteiger partial charge is 0.313 e. The summed E-state index contributed by atoms with van der Waals surface area (Å²) in [5.41, 5.74) is 0.414. The van der Waals surface area contributed by atoms with Crippen LogP contribution in [0.15, 0.2) is 18.2 Å². The Labute approximate surface area is 109 Å². The van der Waals surface area contributed by atoms with Crippen LogP contribution in [0.2, 0.25) is 0 Å². The zero-order valence-corrected chi connectivity index (χ0v) is 10.7. The van der Waals surface area contributed by atoms with Crippen molar-refractivity contribution >= 4 is 24.0 Å². The maximum atomic E-state index is 10.9. The van der Waals surface area contributed by atoms with Crippen molar-refractivity contribution in [3.63, 3.8) is 0 Å². The number of aldehydes is 1. The van der Waals surface area contributed by atoms with Gasteiger partial charge in [-0.1, -0.05) is 6.07 Å². The summed E-state index contributed by atoms with van der Waals surface area (Å²) >= 11 is 1.25. The van der Waals surface area contributed by atoms with E-state index in [9.17, 15) is 9.59 Å². The number of ether oxygens (including phenoxy) is 2. The number of hydrogen-bond donors (Lipinski definition) is 1. The lowest BCUT2D eigenvalue weighted by atomic mass is 10.2. The molecule has 0 aromatic heterocycles. The lowest BCUT2D eigenvalue weighted by Gasteiger charge is -2.11. The summed E-state index contributed by atoms with van der Waals surface area (Å²) < 4.78 is 10.6. The molecule has 0 bridgehead atoms. The average molecular weight is 270 g/mol. The molecule has 1 rings (SSSR count). The van der Waals surface area contributed by atoms with Crippen LogP contribution in [0.25, 0.3) is 0 Å². The van der Waals surface area contributed by atoms with Crippen molar-refractivity contribution in [2.75, 3.05) is 25.2 Å². The third-order valence-corrected chi connectivity index (χ3v) is 2.96. The number of carboxylic acid groups (broad SMARTS) is 1. The van der Waals surface area contributed by atoms with Gasteiger partial charge in [0.25, 0.3) is 0 Å². The molecule has 0 heterocycles. The molecule has 1 aromatic carbocycles. The summed E-state index contributed by atoms with van der Waals surface area (Å²) in [5, 5.41) is 8.47. The van der Waals surface area contributed by atoms with Gasteiger partial charge in [-0.2, -0.15) is 0 Å². The predicted molar refractivity (Wildman–Crippen MR) is 68.8 cm³/mol. The topological polar surface area (TPSA) is 72.8 Å². The number of carboxylic acids is 1. The van der Waals surface area contributed by atoms with E-state index < -0.39 is 5.97 Å². The van der Waals surface area contributed by atoms with E-state index in [0.29, 0.717) is 35.7 Å². The van der Waals surface area contributed by atoms with Gasteiger partial charge in [0, 0.05) is 5.75 Å². The molecule has 1 aromatic rings. The summed E-state index contributed by atoms with van der Waals surface area (Å²) in [5.74, 6) is 0.595. The van der Waals surface area contributed by atoms with Crippen LogP contribution >= 0.6 is 11.8 Å². The highest BCUT2D eigenvalue weighted by molar-refractivity contribution is 7.99. The van der Waals surface area contributed by atoms with Gasteiger partial charge in [-0.25, -0.2) is 0 Å². The van der Waals surface area contributed by atoms with Crippen LogP contribution < -0.4 is 9.47 Å². The van der Waals surface area contributed by atoms with Gasteiger partial charge in [0.2, 0.25) is 0 Å². The van der Waals surface area contributed by atoms with Crippen molar-refractivity contribution in [2.45, 2.75) is 0 Å². The molecule has 5 nitrogen and oxygen atoms in total. The Bertz CT molecular complexity index is 419. The minimum absolute atomic E-state index is 0.0375. The Morgan fingerprint density at radius 2 is 2.28 bits per heavy atom. The van der Waals surface area contributed by atoms with Crippen molar-refractivity contribution in [1.29, 1.82) is 0 Å². The standard InChI is InChI=1S/C12H14O5S/c1-16-10-4-2-3-9(7-13)12(10)17-5-6-18-8-11(14)15/h2-4,7H,5-6,8H2,1H3,(H,14,15). The monoisotopic (exact) mass is 270 g/mol. The largest absolute Gasteiger partial charge is 0.493 e. The quantitative estimate of drug-likeness (QED) is 0.572. The predicted octanol–water partition coefficient (Wildman–Crippen LogP) is 1.70. The summed E-state index contributed by atoms with van der Waals surface area (Å²) in [6, 6.07) is 5.04. The number of rotatable bonds is 8. The average Bonchev–Trinajstić information content (AvgIpc) is 2.37. The van der Waals surface area contributed by atoms with Crippen LogP contribution in [0, 0.1) is 0 Å². The van der Waals surface area contributed by atoms with Crippen molar-refractivity contribution in [1.82, 2.24) is 0 Å². The van der Waals surface area contributed by atoms with Gasteiger partial charge in [-0.15, -0.1) is 11.8 Å². The lowest BCUT2D eigenvalue weighted by Crippen LogP contribution is -2.06. The zero-order chi connectivity index (χ0) is 13.4. The molecule has 0 amide bonds. The van der Waals surface area contributed by atoms with E-state index in [1.807, 2.05) is 0 Å². The Kier molecular flexibility index (Phi) is 6.07. The van der Waals surface area contributed by atoms with E-state index in [1.54, 1.807) is 18.2 Å². The first-order chi connectivity index (χ1) is 8.69. The fourth-order valence-electron chi connectivity index (χ4n) is 1.30. The third-order valence-electron chi connectivity index (χ3n) is 2.06. The zero-order valence-electron chi connectivity index (χ0n) is 9.92. The van der Waals surface area contributed by atoms with E-state index >= 15 is 0 Å². The fraction of sp³-hybridized carbons (Fsp3) is 0.333. The van der Waals surface area contributed by atoms with Crippen LogP contribution in [0.1, 0.15) is 10.4 Å². The molecule has 6 heteroatoms. The highest BCUT2D eigenvalue weighted by Crippen LogP contribution is 2.29. The molecule has 0 unspecified atom stereocenters. The number of para-hydroxylation sites is 1. The second kappa shape index (κ2) is 7.60. The first-order valence-corrected chi connectivity index (χ1v) is 6.39. The number of thioether (sulfide) groups is 1. The van der Waals surface area contributed by atoms with Crippen molar-refractivity contribution in [3.05, 3.63) is 23.8 Å². The van der Waals surface area contributed by atoms with Gasteiger partial charge in [-0.05, 0) is 12.1 Å². The maximum Gasteiger partial charge on any atom is 0.313 e. The number of carbonyl (C=O) groups is 2. The van der Waals surface area contributed by atoms with Crippen LogP contribution in [-0.2, 0) is 4.79 Å². The van der Waals surface area contributed by atoms with Gasteiger partial charge in [0.15, 0.2) is 17.8 Å². The second-order valence-corrected chi connectivity index (χ2v) is 4.40. The van der Waals surface area contributed by atoms with Crippen LogP contribution in [0.5, 0.6) is 11.5 Å². The van der Waals surface area contributed by atoms with Crippen molar-refractivity contribution < 1.29 is 24.2 Å². The second-order valence-electron chi connectivity index (χ2n) is 3.29. The molecule has 18 heavy (non-hydrogen) atoms. The van der Waals surface area contributed by atoms with Crippen molar-refractivity contribution in [3.8, 4) is 11.5 Å². The molecule has 0 radical (unpaired) electrons. The Morgan fingerprint density at radius 1 is 1.50 bits per heavy atom. The minimum Gasteiger partial charge on any atom is -0.493 e. The number of methoxy groups -OCH3 is 1. The highest BCUT2D eigenvalue weighted by atomic mass is 32.2. The molecule has 0 fully saturated rings. The van der Waals surface area contributed by atoms with E-state index in [1.165, 1.54) is 18.9 Å². The first kappa shape index (κ1) is 14.4. The highest BCUT2D eigenvalue weighted by Gasteiger charge is 2.09. The SMILES string of the molecule is COc1cccc(C=O)c1OCCSCC(=O)O. The summed E-state index contributed by atoms with van der Waals surface area (Å²) in [4.78, 5) is 21.2. The first-order valence-electron chi connectivity index (χ1n) is 5.23. The summed E-state index contributed by atoms with van der Waals surface area (Å²) in [6.45, 7) is 0.319. The Hall–Kier alpha value is -1.69. The third kappa shape index (κ3) is 4.29. The molecule has 0 aliphatic heterocycles. The van der Waals surface area contributed by atoms with Gasteiger partial charge >= 0.3 is 5.97 Å². The number of hydrogen-bond acceptors (Lipinski definition) is 5. The van der Waals surface area contributed by atoms with Gasteiger partial charge in [0.05, 0.1) is 25.0 Å². The minimum atomic E-state index is -0.856. The molecule has 0 spiro atoms. The van der Waals surface area contributed by atoms with Crippen LogP contribution in [0.3, 0.4) is 0 Å². The molecule has 98 valence electrons. The van der Waals surface area contributed by atoms with Crippen molar-refractivity contribution in [2.24, 2.45) is 0 Å². The summed E-state index contributed by atoms with van der Waals surface area (Å²) in [7, 11) is 1.50.